The molecule has 2 rings (SSSR count). The van der Waals surface area contributed by atoms with Crippen molar-refractivity contribution >= 4 is 29.1 Å². The smallest absolute Gasteiger partial charge is 0.256 e. The Hall–Kier alpha value is -1.79. The number of piperazine rings is 1. The lowest BCUT2D eigenvalue weighted by molar-refractivity contribution is -0.123. The minimum Gasteiger partial charge on any atom is -0.353 e. The molecule has 18 heavy (non-hydrogen) atoms. The number of rotatable bonds is 2. The van der Waals surface area contributed by atoms with E-state index in [1.165, 1.54) is 11.0 Å². The second-order valence-corrected chi connectivity index (χ2v) is 4.35. The van der Waals surface area contributed by atoms with Crippen LogP contribution in [0.25, 0.3) is 0 Å². The van der Waals surface area contributed by atoms with E-state index in [4.69, 9.17) is 17.4 Å². The summed E-state index contributed by atoms with van der Waals surface area (Å²) in [5.41, 5.74) is 3.29. The molecule has 1 saturated heterocycles. The summed E-state index contributed by atoms with van der Waals surface area (Å²) >= 11 is 5.87. The molecule has 0 spiro atoms. The third-order valence-corrected chi connectivity index (χ3v) is 2.93. The Bertz CT molecular complexity index is 492. The van der Waals surface area contributed by atoms with Crippen LogP contribution < -0.4 is 16.6 Å². The third kappa shape index (κ3) is 2.55. The van der Waals surface area contributed by atoms with Gasteiger partial charge in [-0.1, -0.05) is 11.6 Å². The minimum absolute atomic E-state index is 0.0510. The summed E-state index contributed by atoms with van der Waals surface area (Å²) < 4.78 is 0. The fourth-order valence-electron chi connectivity index (χ4n) is 1.80. The number of nitrogens with zero attached hydrogens (tertiary/aromatic N) is 1. The molecule has 0 bridgehead atoms. The number of hydrogen-bond donors (Lipinski definition) is 3. The molecule has 1 heterocycles. The summed E-state index contributed by atoms with van der Waals surface area (Å²) in [6.45, 7) is 0.979. The molecule has 1 aromatic carbocycles. The van der Waals surface area contributed by atoms with Crippen LogP contribution in [0.4, 0.5) is 5.69 Å². The molecule has 7 heteroatoms. The zero-order valence-corrected chi connectivity index (χ0v) is 10.3. The third-order valence-electron chi connectivity index (χ3n) is 2.69. The van der Waals surface area contributed by atoms with E-state index in [0.717, 1.165) is 0 Å². The molecule has 1 aromatic rings. The number of hydrogen-bond acceptors (Lipinski definition) is 4. The normalized spacial score (nSPS) is 15.2. The molecule has 96 valence electrons. The van der Waals surface area contributed by atoms with Crippen LogP contribution in [0.2, 0.25) is 5.02 Å². The second kappa shape index (κ2) is 5.24. The quantitative estimate of drug-likeness (QED) is 0.528. The topological polar surface area (TPSA) is 87.5 Å². The zero-order chi connectivity index (χ0) is 13.1. The number of amides is 2. The fourth-order valence-corrected chi connectivity index (χ4v) is 1.97. The molecule has 1 aliphatic heterocycles. The number of nitrogens with two attached hydrogens (primary N) is 1. The Morgan fingerprint density at radius 1 is 1.50 bits per heavy atom. The van der Waals surface area contributed by atoms with E-state index < -0.39 is 0 Å². The molecular weight excluding hydrogens is 256 g/mol. The molecule has 0 aliphatic carbocycles. The van der Waals surface area contributed by atoms with Gasteiger partial charge in [0.25, 0.3) is 5.91 Å². The number of hydrazine groups is 1. The molecule has 1 fully saturated rings. The molecule has 0 saturated carbocycles. The highest BCUT2D eigenvalue weighted by atomic mass is 35.5. The van der Waals surface area contributed by atoms with Crippen molar-refractivity contribution in [1.82, 2.24) is 10.2 Å². The molecule has 1 aliphatic rings. The maximum absolute atomic E-state index is 12.3. The monoisotopic (exact) mass is 268 g/mol. The van der Waals surface area contributed by atoms with Gasteiger partial charge in [-0.2, -0.15) is 0 Å². The highest BCUT2D eigenvalue weighted by molar-refractivity contribution is 6.31. The van der Waals surface area contributed by atoms with Gasteiger partial charge in [-0.15, -0.1) is 0 Å². The lowest BCUT2D eigenvalue weighted by Gasteiger charge is -2.27. The van der Waals surface area contributed by atoms with E-state index >= 15 is 0 Å². The number of nitrogen functional groups attached to an aromatic ring is 1. The first-order chi connectivity index (χ1) is 8.61. The first-order valence-corrected chi connectivity index (χ1v) is 5.82. The van der Waals surface area contributed by atoms with E-state index in [1.807, 2.05) is 0 Å². The Morgan fingerprint density at radius 2 is 2.28 bits per heavy atom. The van der Waals surface area contributed by atoms with Crippen molar-refractivity contribution in [3.05, 3.63) is 28.8 Å². The highest BCUT2D eigenvalue weighted by Crippen LogP contribution is 2.21. The maximum atomic E-state index is 12.3. The summed E-state index contributed by atoms with van der Waals surface area (Å²) in [5.74, 6) is 4.92. The van der Waals surface area contributed by atoms with Crippen molar-refractivity contribution in [2.45, 2.75) is 0 Å². The predicted octanol–water partition coefficient (Wildman–Crippen LogP) is 0.198. The Balaban J connectivity index is 2.27. The summed E-state index contributed by atoms with van der Waals surface area (Å²) in [5, 5.41) is 3.10. The SMILES string of the molecule is NNc1ccc(Cl)cc1C(=O)N1CCNC(=O)C1. The minimum atomic E-state index is -0.264. The van der Waals surface area contributed by atoms with E-state index in [0.29, 0.717) is 29.4 Å². The van der Waals surface area contributed by atoms with Crippen molar-refractivity contribution < 1.29 is 9.59 Å². The molecule has 2 amide bonds. The van der Waals surface area contributed by atoms with Crippen LogP contribution in [0.3, 0.4) is 0 Å². The van der Waals surface area contributed by atoms with Gasteiger partial charge in [-0.05, 0) is 18.2 Å². The Morgan fingerprint density at radius 3 is 2.94 bits per heavy atom. The highest BCUT2D eigenvalue weighted by Gasteiger charge is 2.24. The summed E-state index contributed by atoms with van der Waals surface area (Å²) in [6, 6.07) is 4.79. The van der Waals surface area contributed by atoms with Crippen LogP contribution in [0.15, 0.2) is 18.2 Å². The molecule has 0 unspecified atom stereocenters. The lowest BCUT2D eigenvalue weighted by Crippen LogP contribution is -2.50. The zero-order valence-electron chi connectivity index (χ0n) is 9.57. The van der Waals surface area contributed by atoms with E-state index in [1.54, 1.807) is 12.1 Å². The van der Waals surface area contributed by atoms with Crippen molar-refractivity contribution in [3.8, 4) is 0 Å². The molecule has 0 atom stereocenters. The number of benzene rings is 1. The number of carbonyl (C=O) groups excluding carboxylic acids is 2. The van der Waals surface area contributed by atoms with E-state index in [-0.39, 0.29) is 18.4 Å². The fraction of sp³-hybridized carbons (Fsp3) is 0.273. The van der Waals surface area contributed by atoms with Crippen LogP contribution in [0.5, 0.6) is 0 Å². The first-order valence-electron chi connectivity index (χ1n) is 5.44. The number of halogens is 1. The maximum Gasteiger partial charge on any atom is 0.256 e. The van der Waals surface area contributed by atoms with Crippen molar-refractivity contribution in [2.75, 3.05) is 25.1 Å². The van der Waals surface area contributed by atoms with Crippen LogP contribution in [-0.2, 0) is 4.79 Å². The van der Waals surface area contributed by atoms with Crippen LogP contribution in [0, 0.1) is 0 Å². The number of nitrogens with one attached hydrogen (secondary N) is 2. The largest absolute Gasteiger partial charge is 0.353 e. The van der Waals surface area contributed by atoms with Crippen LogP contribution >= 0.6 is 11.6 Å². The summed E-state index contributed by atoms with van der Waals surface area (Å²) in [7, 11) is 0. The number of carbonyl (C=O) groups is 2. The van der Waals surface area contributed by atoms with Crippen LogP contribution in [0.1, 0.15) is 10.4 Å². The van der Waals surface area contributed by atoms with E-state index in [9.17, 15) is 9.59 Å². The van der Waals surface area contributed by atoms with E-state index in [2.05, 4.69) is 10.7 Å². The second-order valence-electron chi connectivity index (χ2n) is 3.91. The van der Waals surface area contributed by atoms with Gasteiger partial charge in [0.15, 0.2) is 0 Å². The van der Waals surface area contributed by atoms with Gasteiger partial charge in [0, 0.05) is 18.1 Å². The number of anilines is 1. The average molecular weight is 269 g/mol. The van der Waals surface area contributed by atoms with Gasteiger partial charge in [0.2, 0.25) is 5.91 Å². The first kappa shape index (κ1) is 12.7. The summed E-state index contributed by atoms with van der Waals surface area (Å²) in [6.07, 6.45) is 0. The van der Waals surface area contributed by atoms with Gasteiger partial charge >= 0.3 is 0 Å². The van der Waals surface area contributed by atoms with Crippen molar-refractivity contribution in [1.29, 1.82) is 0 Å². The molecule has 0 radical (unpaired) electrons. The summed E-state index contributed by atoms with van der Waals surface area (Å²) in [4.78, 5) is 25.0. The van der Waals surface area contributed by atoms with Gasteiger partial charge in [-0.3, -0.25) is 15.4 Å². The molecule has 4 N–H and O–H groups in total. The molecule has 0 aromatic heterocycles. The van der Waals surface area contributed by atoms with Gasteiger partial charge < -0.3 is 15.6 Å². The van der Waals surface area contributed by atoms with Crippen molar-refractivity contribution in [2.24, 2.45) is 5.84 Å². The average Bonchev–Trinajstić information content (AvgIpc) is 2.38. The molecular formula is C11H13ClN4O2. The molecule has 6 nitrogen and oxygen atoms in total. The Kier molecular flexibility index (Phi) is 3.69. The van der Waals surface area contributed by atoms with Gasteiger partial charge in [-0.25, -0.2) is 0 Å². The van der Waals surface area contributed by atoms with Crippen molar-refractivity contribution in [3.63, 3.8) is 0 Å². The van der Waals surface area contributed by atoms with Crippen LogP contribution in [-0.4, -0.2) is 36.3 Å². The lowest BCUT2D eigenvalue weighted by atomic mass is 10.1. The van der Waals surface area contributed by atoms with Gasteiger partial charge in [0.05, 0.1) is 17.8 Å². The predicted molar refractivity (Wildman–Crippen MR) is 68.2 cm³/mol. The standard InChI is InChI=1S/C11H13ClN4O2/c12-7-1-2-9(15-13)8(5-7)11(18)16-4-3-14-10(17)6-16/h1-2,5,15H,3-4,6,13H2,(H,14,17). The Labute approximate surface area is 109 Å². The van der Waals surface area contributed by atoms with Gasteiger partial charge in [0.1, 0.15) is 0 Å².